The molecular weight excluding hydrogens is 250 g/mol. The molecule has 0 aliphatic carbocycles. The number of aryl methyl sites for hydroxylation is 1. The van der Waals surface area contributed by atoms with Gasteiger partial charge in [0.1, 0.15) is 11.3 Å². The van der Waals surface area contributed by atoms with E-state index >= 15 is 0 Å². The maximum atomic E-state index is 12.5. The number of likely N-dealkylation sites (tertiary alicyclic amines) is 1. The fourth-order valence-electron chi connectivity index (χ4n) is 2.46. The Hall–Kier alpha value is -1.55. The normalized spacial score (nSPS) is 15.6. The predicted octanol–water partition coefficient (Wildman–Crippen LogP) is 2.53. The Morgan fingerprint density at radius 1 is 1.33 bits per heavy atom. The summed E-state index contributed by atoms with van der Waals surface area (Å²) in [7, 11) is 0. The van der Waals surface area contributed by atoms with Crippen LogP contribution >= 0.6 is 11.6 Å². The minimum atomic E-state index is 0.0553. The lowest BCUT2D eigenvalue weighted by atomic mass is 10.3. The molecule has 5 heteroatoms. The Balaban J connectivity index is 2.12. The number of fused-ring (bicyclic) bond motifs is 1. The molecule has 0 aromatic carbocycles. The first-order chi connectivity index (χ1) is 8.66. The van der Waals surface area contributed by atoms with E-state index in [4.69, 9.17) is 11.6 Å². The molecule has 1 fully saturated rings. The molecule has 0 radical (unpaired) electrons. The molecule has 0 bridgehead atoms. The zero-order valence-electron chi connectivity index (χ0n) is 10.2. The Morgan fingerprint density at radius 2 is 2.06 bits per heavy atom. The number of nitrogens with zero attached hydrogens (tertiary/aromatic N) is 3. The molecule has 3 heterocycles. The van der Waals surface area contributed by atoms with Gasteiger partial charge in [-0.3, -0.25) is 9.20 Å². The van der Waals surface area contributed by atoms with Gasteiger partial charge in [0, 0.05) is 19.3 Å². The van der Waals surface area contributed by atoms with Gasteiger partial charge in [0.25, 0.3) is 5.91 Å². The second-order valence-electron chi connectivity index (χ2n) is 4.62. The summed E-state index contributed by atoms with van der Waals surface area (Å²) in [6.07, 6.45) is 3.92. The van der Waals surface area contributed by atoms with Crippen molar-refractivity contribution in [3.05, 3.63) is 34.7 Å². The maximum absolute atomic E-state index is 12.5. The zero-order valence-corrected chi connectivity index (χ0v) is 10.9. The van der Waals surface area contributed by atoms with E-state index in [0.717, 1.165) is 37.3 Å². The fraction of sp³-hybridized carbons (Fsp3) is 0.385. The summed E-state index contributed by atoms with van der Waals surface area (Å²) in [5, 5.41) is 0.607. The van der Waals surface area contributed by atoms with Crippen molar-refractivity contribution in [3.8, 4) is 0 Å². The minimum Gasteiger partial charge on any atom is -0.337 e. The average molecular weight is 264 g/mol. The third kappa shape index (κ3) is 1.77. The first-order valence-corrected chi connectivity index (χ1v) is 6.48. The molecule has 1 saturated heterocycles. The summed E-state index contributed by atoms with van der Waals surface area (Å²) in [5.74, 6) is 0.0553. The van der Waals surface area contributed by atoms with Crippen LogP contribution in [0.3, 0.4) is 0 Å². The number of amides is 1. The van der Waals surface area contributed by atoms with Crippen molar-refractivity contribution in [1.29, 1.82) is 0 Å². The highest BCUT2D eigenvalue weighted by atomic mass is 35.5. The van der Waals surface area contributed by atoms with Crippen LogP contribution in [0.25, 0.3) is 5.65 Å². The Labute approximate surface area is 110 Å². The van der Waals surface area contributed by atoms with Crippen LogP contribution in [0.15, 0.2) is 18.3 Å². The van der Waals surface area contributed by atoms with Crippen LogP contribution in [0, 0.1) is 6.92 Å². The number of carbonyl (C=O) groups excluding carboxylic acids is 1. The number of pyridine rings is 1. The van der Waals surface area contributed by atoms with Gasteiger partial charge in [-0.15, -0.1) is 0 Å². The van der Waals surface area contributed by atoms with Gasteiger partial charge in [0.15, 0.2) is 0 Å². The number of hydrogen-bond donors (Lipinski definition) is 0. The van der Waals surface area contributed by atoms with E-state index in [1.54, 1.807) is 16.7 Å². The molecule has 1 aliphatic heterocycles. The van der Waals surface area contributed by atoms with Gasteiger partial charge in [-0.05, 0) is 31.9 Å². The molecule has 1 aliphatic rings. The lowest BCUT2D eigenvalue weighted by Crippen LogP contribution is -2.29. The van der Waals surface area contributed by atoms with Crippen molar-refractivity contribution >= 4 is 23.2 Å². The summed E-state index contributed by atoms with van der Waals surface area (Å²) in [6, 6.07) is 3.61. The Kier molecular flexibility index (Phi) is 2.74. The lowest BCUT2D eigenvalue weighted by molar-refractivity contribution is 0.0785. The van der Waals surface area contributed by atoms with Crippen LogP contribution in [0.2, 0.25) is 5.02 Å². The van der Waals surface area contributed by atoms with E-state index in [0.29, 0.717) is 10.7 Å². The van der Waals surface area contributed by atoms with Crippen LogP contribution in [0.5, 0.6) is 0 Å². The quantitative estimate of drug-likeness (QED) is 0.793. The van der Waals surface area contributed by atoms with Crippen molar-refractivity contribution in [2.75, 3.05) is 13.1 Å². The highest BCUT2D eigenvalue weighted by Gasteiger charge is 2.24. The molecule has 94 valence electrons. The van der Waals surface area contributed by atoms with Gasteiger partial charge in [-0.1, -0.05) is 11.6 Å². The maximum Gasteiger partial charge on any atom is 0.272 e. The van der Waals surface area contributed by atoms with Crippen molar-refractivity contribution in [2.45, 2.75) is 19.8 Å². The molecule has 4 nitrogen and oxygen atoms in total. The van der Waals surface area contributed by atoms with Gasteiger partial charge < -0.3 is 4.90 Å². The summed E-state index contributed by atoms with van der Waals surface area (Å²) < 4.78 is 1.79. The third-order valence-electron chi connectivity index (χ3n) is 3.35. The molecular formula is C13H14ClN3O. The van der Waals surface area contributed by atoms with Crippen molar-refractivity contribution in [3.63, 3.8) is 0 Å². The Morgan fingerprint density at radius 3 is 2.78 bits per heavy atom. The van der Waals surface area contributed by atoms with Gasteiger partial charge in [0.05, 0.1) is 10.7 Å². The minimum absolute atomic E-state index is 0.0553. The van der Waals surface area contributed by atoms with Gasteiger partial charge in [-0.25, -0.2) is 4.98 Å². The number of halogens is 1. The number of aromatic nitrogens is 2. The Bertz CT molecular complexity index is 614. The molecule has 3 rings (SSSR count). The summed E-state index contributed by atoms with van der Waals surface area (Å²) in [6.45, 7) is 3.54. The van der Waals surface area contributed by atoms with E-state index in [1.165, 1.54) is 0 Å². The van der Waals surface area contributed by atoms with Crippen LogP contribution in [-0.4, -0.2) is 33.3 Å². The summed E-state index contributed by atoms with van der Waals surface area (Å²) in [5.41, 5.74) is 2.16. The number of hydrogen-bond acceptors (Lipinski definition) is 2. The van der Waals surface area contributed by atoms with Gasteiger partial charge >= 0.3 is 0 Å². The SMILES string of the molecule is Cc1nc2ccc(Cl)cn2c1C(=O)N1CCCC1. The molecule has 0 N–H and O–H groups in total. The third-order valence-corrected chi connectivity index (χ3v) is 3.58. The largest absolute Gasteiger partial charge is 0.337 e. The van der Waals surface area contributed by atoms with Gasteiger partial charge in [-0.2, -0.15) is 0 Å². The van der Waals surface area contributed by atoms with E-state index in [-0.39, 0.29) is 5.91 Å². The summed E-state index contributed by atoms with van der Waals surface area (Å²) >= 11 is 5.99. The molecule has 18 heavy (non-hydrogen) atoms. The monoisotopic (exact) mass is 263 g/mol. The molecule has 0 unspecified atom stereocenters. The summed E-state index contributed by atoms with van der Waals surface area (Å²) in [4.78, 5) is 18.8. The van der Waals surface area contributed by atoms with Crippen molar-refractivity contribution in [2.24, 2.45) is 0 Å². The molecule has 2 aromatic heterocycles. The first-order valence-electron chi connectivity index (χ1n) is 6.10. The van der Waals surface area contributed by atoms with Crippen molar-refractivity contribution < 1.29 is 4.79 Å². The molecule has 0 spiro atoms. The number of carbonyl (C=O) groups is 1. The smallest absolute Gasteiger partial charge is 0.272 e. The standard InChI is InChI=1S/C13H14ClN3O/c1-9-12(13(18)16-6-2-3-7-16)17-8-10(14)4-5-11(17)15-9/h4-5,8H,2-3,6-7H2,1H3. The van der Waals surface area contributed by atoms with Gasteiger partial charge in [0.2, 0.25) is 0 Å². The average Bonchev–Trinajstić information content (AvgIpc) is 2.94. The number of imidazole rings is 1. The molecule has 0 atom stereocenters. The molecule has 0 saturated carbocycles. The second-order valence-corrected chi connectivity index (χ2v) is 5.06. The highest BCUT2D eigenvalue weighted by molar-refractivity contribution is 6.30. The highest BCUT2D eigenvalue weighted by Crippen LogP contribution is 2.19. The van der Waals surface area contributed by atoms with Crippen LogP contribution in [-0.2, 0) is 0 Å². The van der Waals surface area contributed by atoms with Crippen molar-refractivity contribution in [1.82, 2.24) is 14.3 Å². The lowest BCUT2D eigenvalue weighted by Gasteiger charge is -2.15. The van der Waals surface area contributed by atoms with Crippen LogP contribution in [0.4, 0.5) is 0 Å². The predicted molar refractivity (Wildman–Crippen MR) is 70.1 cm³/mol. The van der Waals surface area contributed by atoms with E-state index in [9.17, 15) is 4.79 Å². The molecule has 1 amide bonds. The second kappa shape index (κ2) is 4.28. The fourth-order valence-corrected chi connectivity index (χ4v) is 2.62. The zero-order chi connectivity index (χ0) is 12.7. The van der Waals surface area contributed by atoms with E-state index in [1.807, 2.05) is 17.9 Å². The molecule has 2 aromatic rings. The first kappa shape index (κ1) is 11.5. The van der Waals surface area contributed by atoms with E-state index in [2.05, 4.69) is 4.98 Å². The van der Waals surface area contributed by atoms with Crippen LogP contribution in [0.1, 0.15) is 29.0 Å². The number of rotatable bonds is 1. The topological polar surface area (TPSA) is 37.6 Å². The van der Waals surface area contributed by atoms with Crippen LogP contribution < -0.4 is 0 Å². The van der Waals surface area contributed by atoms with E-state index < -0.39 is 0 Å².